The van der Waals surface area contributed by atoms with Crippen LogP contribution in [0.3, 0.4) is 0 Å². The van der Waals surface area contributed by atoms with E-state index < -0.39 is 0 Å². The van der Waals surface area contributed by atoms with Gasteiger partial charge in [0.2, 0.25) is 0 Å². The first kappa shape index (κ1) is 12.1. The van der Waals surface area contributed by atoms with Crippen LogP contribution in [0.2, 0.25) is 0 Å². The third-order valence-electron chi connectivity index (χ3n) is 2.29. The van der Waals surface area contributed by atoms with E-state index in [-0.39, 0.29) is 0 Å². The van der Waals surface area contributed by atoms with Crippen molar-refractivity contribution in [3.8, 4) is 10.4 Å². The number of hydrogen-bond donors (Lipinski definition) is 0. The minimum absolute atomic E-state index is 0.971. The summed E-state index contributed by atoms with van der Waals surface area (Å²) in [6.07, 6.45) is 2.06. The molecule has 1 heterocycles. The van der Waals surface area contributed by atoms with Gasteiger partial charge in [0.1, 0.15) is 0 Å². The van der Waals surface area contributed by atoms with E-state index in [4.69, 9.17) is 0 Å². The molecule has 0 N–H and O–H groups in total. The summed E-state index contributed by atoms with van der Waals surface area (Å²) < 4.78 is 0.971. The Morgan fingerprint density at radius 3 is 2.56 bits per heavy atom. The monoisotopic (exact) mass is 356 g/mol. The van der Waals surface area contributed by atoms with Crippen LogP contribution in [0.4, 0.5) is 0 Å². The number of hydrogen-bond acceptors (Lipinski definition) is 1. The standard InChI is InChI=1S/C13H10Br2S/c1-9-4-2-3-5-11(9)12-7-6-10(16-12)8-13(14)15/h2-8H,1H3. The highest BCUT2D eigenvalue weighted by Gasteiger charge is 2.03. The molecule has 2 rings (SSSR count). The van der Waals surface area contributed by atoms with Crippen LogP contribution in [0, 0.1) is 6.92 Å². The van der Waals surface area contributed by atoms with Gasteiger partial charge in [0.25, 0.3) is 0 Å². The Hall–Kier alpha value is -0.380. The quantitative estimate of drug-likeness (QED) is 0.635. The van der Waals surface area contributed by atoms with Gasteiger partial charge < -0.3 is 0 Å². The first-order valence-electron chi connectivity index (χ1n) is 4.85. The van der Waals surface area contributed by atoms with Gasteiger partial charge in [0, 0.05) is 9.75 Å². The Balaban J connectivity index is 2.39. The Bertz CT molecular complexity index is 522. The zero-order chi connectivity index (χ0) is 11.5. The Kier molecular flexibility index (Phi) is 4.00. The summed E-state index contributed by atoms with van der Waals surface area (Å²) in [7, 11) is 0. The number of halogens is 2. The van der Waals surface area contributed by atoms with E-state index in [1.54, 1.807) is 11.3 Å². The Labute approximate surface area is 116 Å². The van der Waals surface area contributed by atoms with Crippen LogP contribution in [-0.4, -0.2) is 0 Å². The second-order valence-corrected chi connectivity index (χ2v) is 7.34. The maximum absolute atomic E-state index is 3.38. The van der Waals surface area contributed by atoms with Gasteiger partial charge in [-0.3, -0.25) is 0 Å². The lowest BCUT2D eigenvalue weighted by molar-refractivity contribution is 1.48. The molecule has 0 bridgehead atoms. The summed E-state index contributed by atoms with van der Waals surface area (Å²) in [6.45, 7) is 2.14. The topological polar surface area (TPSA) is 0 Å². The van der Waals surface area contributed by atoms with Crippen molar-refractivity contribution < 1.29 is 0 Å². The van der Waals surface area contributed by atoms with Gasteiger partial charge in [0.15, 0.2) is 0 Å². The van der Waals surface area contributed by atoms with Gasteiger partial charge in [-0.25, -0.2) is 0 Å². The normalized spacial score (nSPS) is 10.2. The molecule has 82 valence electrons. The molecule has 0 aliphatic carbocycles. The fourth-order valence-corrected chi connectivity index (χ4v) is 3.37. The molecule has 0 amide bonds. The molecule has 0 nitrogen and oxygen atoms in total. The van der Waals surface area contributed by atoms with E-state index in [0.29, 0.717) is 0 Å². The van der Waals surface area contributed by atoms with Crippen LogP contribution in [0.1, 0.15) is 10.4 Å². The van der Waals surface area contributed by atoms with Crippen molar-refractivity contribution in [1.82, 2.24) is 0 Å². The maximum atomic E-state index is 3.38. The van der Waals surface area contributed by atoms with E-state index in [1.165, 1.54) is 20.9 Å². The van der Waals surface area contributed by atoms with Crippen molar-refractivity contribution in [3.63, 3.8) is 0 Å². The number of benzene rings is 1. The van der Waals surface area contributed by atoms with Gasteiger partial charge in [-0.2, -0.15) is 0 Å². The van der Waals surface area contributed by atoms with E-state index in [0.717, 1.165) is 3.39 Å². The van der Waals surface area contributed by atoms with Gasteiger partial charge in [-0.05, 0) is 68.1 Å². The molecule has 16 heavy (non-hydrogen) atoms. The molecule has 3 heteroatoms. The fraction of sp³-hybridized carbons (Fsp3) is 0.0769. The Morgan fingerprint density at radius 2 is 1.88 bits per heavy atom. The van der Waals surface area contributed by atoms with Crippen LogP contribution in [-0.2, 0) is 0 Å². The van der Waals surface area contributed by atoms with Crippen molar-refractivity contribution in [2.24, 2.45) is 0 Å². The third-order valence-corrected chi connectivity index (χ3v) is 3.81. The van der Waals surface area contributed by atoms with Crippen molar-refractivity contribution in [2.45, 2.75) is 6.92 Å². The first-order chi connectivity index (χ1) is 7.66. The smallest absolute Gasteiger partial charge is 0.0618 e. The number of aryl methyl sites for hydroxylation is 1. The van der Waals surface area contributed by atoms with E-state index >= 15 is 0 Å². The molecule has 0 saturated heterocycles. The van der Waals surface area contributed by atoms with E-state index in [9.17, 15) is 0 Å². The van der Waals surface area contributed by atoms with Crippen LogP contribution in [0.5, 0.6) is 0 Å². The molecule has 0 unspecified atom stereocenters. The molecular formula is C13H10Br2S. The highest BCUT2D eigenvalue weighted by Crippen LogP contribution is 2.32. The zero-order valence-corrected chi connectivity index (χ0v) is 12.7. The van der Waals surface area contributed by atoms with E-state index in [2.05, 4.69) is 81.3 Å². The first-order valence-corrected chi connectivity index (χ1v) is 7.25. The molecule has 0 aliphatic heterocycles. The lowest BCUT2D eigenvalue weighted by Crippen LogP contribution is -1.77. The van der Waals surface area contributed by atoms with Crippen LogP contribution in [0.15, 0.2) is 39.8 Å². The number of rotatable bonds is 2. The summed E-state index contributed by atoms with van der Waals surface area (Å²) in [4.78, 5) is 2.55. The Morgan fingerprint density at radius 1 is 1.12 bits per heavy atom. The summed E-state index contributed by atoms with van der Waals surface area (Å²) in [5.74, 6) is 0. The van der Waals surface area contributed by atoms with Gasteiger partial charge in [-0.15, -0.1) is 11.3 Å². The fourth-order valence-electron chi connectivity index (χ4n) is 1.53. The van der Waals surface area contributed by atoms with Crippen molar-refractivity contribution in [3.05, 3.63) is 50.2 Å². The molecule has 0 saturated carbocycles. The van der Waals surface area contributed by atoms with Gasteiger partial charge in [-0.1, -0.05) is 24.3 Å². The molecular weight excluding hydrogens is 348 g/mol. The third kappa shape index (κ3) is 2.84. The molecule has 0 atom stereocenters. The molecule has 0 radical (unpaired) electrons. The molecule has 1 aromatic carbocycles. The molecule has 0 spiro atoms. The largest absolute Gasteiger partial charge is 0.136 e. The molecule has 2 aromatic rings. The second kappa shape index (κ2) is 5.30. The van der Waals surface area contributed by atoms with Crippen LogP contribution >= 0.6 is 43.2 Å². The minimum Gasteiger partial charge on any atom is -0.136 e. The van der Waals surface area contributed by atoms with E-state index in [1.807, 2.05) is 0 Å². The predicted octanol–water partition coefficient (Wildman–Crippen LogP) is 5.81. The van der Waals surface area contributed by atoms with Crippen molar-refractivity contribution >= 4 is 49.3 Å². The van der Waals surface area contributed by atoms with Crippen LogP contribution in [0.25, 0.3) is 16.5 Å². The summed E-state index contributed by atoms with van der Waals surface area (Å²) in [5, 5.41) is 0. The molecule has 0 fully saturated rings. The van der Waals surface area contributed by atoms with Crippen molar-refractivity contribution in [1.29, 1.82) is 0 Å². The predicted molar refractivity (Wildman–Crippen MR) is 80.3 cm³/mol. The lowest BCUT2D eigenvalue weighted by Gasteiger charge is -2.01. The molecule has 0 aliphatic rings. The highest BCUT2D eigenvalue weighted by molar-refractivity contribution is 9.28. The summed E-state index contributed by atoms with van der Waals surface area (Å²) >= 11 is 8.54. The molecule has 1 aromatic heterocycles. The highest BCUT2D eigenvalue weighted by atomic mass is 79.9. The lowest BCUT2D eigenvalue weighted by atomic mass is 10.1. The summed E-state index contributed by atoms with van der Waals surface area (Å²) in [6, 6.07) is 12.8. The van der Waals surface area contributed by atoms with Gasteiger partial charge >= 0.3 is 0 Å². The average Bonchev–Trinajstić information content (AvgIpc) is 2.66. The maximum Gasteiger partial charge on any atom is 0.0618 e. The SMILES string of the molecule is Cc1ccccc1-c1ccc(C=C(Br)Br)s1. The second-order valence-electron chi connectivity index (χ2n) is 3.45. The zero-order valence-electron chi connectivity index (χ0n) is 8.71. The average molecular weight is 358 g/mol. The van der Waals surface area contributed by atoms with Crippen LogP contribution < -0.4 is 0 Å². The summed E-state index contributed by atoms with van der Waals surface area (Å²) in [5.41, 5.74) is 2.63. The van der Waals surface area contributed by atoms with Crippen molar-refractivity contribution in [2.75, 3.05) is 0 Å². The number of thiophene rings is 1. The minimum atomic E-state index is 0.971. The van der Waals surface area contributed by atoms with Gasteiger partial charge in [0.05, 0.1) is 3.39 Å².